The molecule has 118 valence electrons. The molecule has 1 heterocycles. The SMILES string of the molecule is COC(=O)c1cccc(S(=O)(=O)NC2CCNC2)c1C.Cl. The van der Waals surface area contributed by atoms with Gasteiger partial charge < -0.3 is 10.1 Å². The Morgan fingerprint density at radius 3 is 2.71 bits per heavy atom. The van der Waals surface area contributed by atoms with Crippen molar-refractivity contribution in [3.63, 3.8) is 0 Å². The van der Waals surface area contributed by atoms with Gasteiger partial charge in [0.2, 0.25) is 10.0 Å². The molecule has 1 aliphatic heterocycles. The summed E-state index contributed by atoms with van der Waals surface area (Å²) in [4.78, 5) is 11.7. The highest BCUT2D eigenvalue weighted by Crippen LogP contribution is 2.20. The third kappa shape index (κ3) is 3.94. The van der Waals surface area contributed by atoms with Crippen LogP contribution in [0.1, 0.15) is 22.3 Å². The van der Waals surface area contributed by atoms with Gasteiger partial charge >= 0.3 is 5.97 Å². The van der Waals surface area contributed by atoms with E-state index in [4.69, 9.17) is 0 Å². The summed E-state index contributed by atoms with van der Waals surface area (Å²) in [6.45, 7) is 3.02. The van der Waals surface area contributed by atoms with Gasteiger partial charge in [-0.15, -0.1) is 12.4 Å². The van der Waals surface area contributed by atoms with Crippen LogP contribution in [0, 0.1) is 6.92 Å². The van der Waals surface area contributed by atoms with Gasteiger partial charge in [0, 0.05) is 12.6 Å². The summed E-state index contributed by atoms with van der Waals surface area (Å²) in [6, 6.07) is 4.48. The smallest absolute Gasteiger partial charge is 0.338 e. The first-order valence-corrected chi connectivity index (χ1v) is 7.85. The number of ether oxygens (including phenoxy) is 1. The van der Waals surface area contributed by atoms with Crippen molar-refractivity contribution in [2.45, 2.75) is 24.3 Å². The molecule has 0 amide bonds. The Hall–Kier alpha value is -1.15. The fraction of sp³-hybridized carbons (Fsp3) is 0.462. The van der Waals surface area contributed by atoms with Crippen LogP contribution in [0.4, 0.5) is 0 Å². The molecule has 0 aromatic heterocycles. The number of carbonyl (C=O) groups excluding carboxylic acids is 1. The third-order valence-electron chi connectivity index (χ3n) is 3.36. The first-order chi connectivity index (χ1) is 9.45. The Bertz CT molecular complexity index is 613. The number of esters is 1. The van der Waals surface area contributed by atoms with Crippen LogP contribution in [-0.2, 0) is 14.8 Å². The molecule has 0 spiro atoms. The molecule has 8 heteroatoms. The average molecular weight is 335 g/mol. The number of rotatable bonds is 4. The monoisotopic (exact) mass is 334 g/mol. The van der Waals surface area contributed by atoms with Gasteiger partial charge in [0.05, 0.1) is 17.6 Å². The van der Waals surface area contributed by atoms with Crippen LogP contribution >= 0.6 is 12.4 Å². The van der Waals surface area contributed by atoms with E-state index in [1.54, 1.807) is 19.1 Å². The lowest BCUT2D eigenvalue weighted by Gasteiger charge is -2.15. The van der Waals surface area contributed by atoms with E-state index in [2.05, 4.69) is 14.8 Å². The minimum Gasteiger partial charge on any atom is -0.465 e. The van der Waals surface area contributed by atoms with Crippen molar-refractivity contribution in [3.8, 4) is 0 Å². The summed E-state index contributed by atoms with van der Waals surface area (Å²) in [7, 11) is -2.37. The van der Waals surface area contributed by atoms with Crippen LogP contribution in [0.2, 0.25) is 0 Å². The zero-order valence-corrected chi connectivity index (χ0v) is 13.5. The molecule has 2 rings (SSSR count). The zero-order chi connectivity index (χ0) is 14.8. The van der Waals surface area contributed by atoms with Crippen LogP contribution in [0.5, 0.6) is 0 Å². The highest BCUT2D eigenvalue weighted by Gasteiger charge is 2.25. The second kappa shape index (κ2) is 7.22. The molecule has 0 aliphatic carbocycles. The van der Waals surface area contributed by atoms with Crippen LogP contribution in [0.25, 0.3) is 0 Å². The minimum absolute atomic E-state index is 0. The van der Waals surface area contributed by atoms with Crippen LogP contribution in [0.15, 0.2) is 23.1 Å². The van der Waals surface area contributed by atoms with Crippen molar-refractivity contribution in [3.05, 3.63) is 29.3 Å². The Kier molecular flexibility index (Phi) is 6.15. The van der Waals surface area contributed by atoms with E-state index >= 15 is 0 Å². The van der Waals surface area contributed by atoms with Crippen molar-refractivity contribution in [2.75, 3.05) is 20.2 Å². The average Bonchev–Trinajstić information content (AvgIpc) is 2.90. The molecule has 1 saturated heterocycles. The van der Waals surface area contributed by atoms with E-state index < -0.39 is 16.0 Å². The molecule has 1 fully saturated rings. The topological polar surface area (TPSA) is 84.5 Å². The van der Waals surface area contributed by atoms with Gasteiger partial charge in [-0.05, 0) is 37.6 Å². The highest BCUT2D eigenvalue weighted by atomic mass is 35.5. The minimum atomic E-state index is -3.64. The fourth-order valence-corrected chi connectivity index (χ4v) is 3.81. The maximum absolute atomic E-state index is 12.4. The molecule has 21 heavy (non-hydrogen) atoms. The molecule has 2 N–H and O–H groups in total. The molecule has 0 radical (unpaired) electrons. The van der Waals surface area contributed by atoms with E-state index in [1.807, 2.05) is 0 Å². The van der Waals surface area contributed by atoms with Crippen molar-refractivity contribution in [1.29, 1.82) is 0 Å². The first-order valence-electron chi connectivity index (χ1n) is 6.36. The van der Waals surface area contributed by atoms with Crippen molar-refractivity contribution in [1.82, 2.24) is 10.0 Å². The predicted octanol–water partition coefficient (Wildman–Crippen LogP) is 0.844. The second-order valence-corrected chi connectivity index (χ2v) is 6.41. The molecule has 1 aromatic carbocycles. The van der Waals surface area contributed by atoms with E-state index in [9.17, 15) is 13.2 Å². The van der Waals surface area contributed by atoms with Gasteiger partial charge in [-0.1, -0.05) is 6.07 Å². The second-order valence-electron chi connectivity index (χ2n) is 4.73. The number of nitrogens with one attached hydrogen (secondary N) is 2. The van der Waals surface area contributed by atoms with Crippen molar-refractivity contribution < 1.29 is 17.9 Å². The number of hydrogen-bond donors (Lipinski definition) is 2. The molecular formula is C13H19ClN2O4S. The molecule has 0 bridgehead atoms. The Balaban J connectivity index is 0.00000220. The number of sulfonamides is 1. The summed E-state index contributed by atoms with van der Waals surface area (Å²) >= 11 is 0. The van der Waals surface area contributed by atoms with Gasteiger partial charge in [0.1, 0.15) is 0 Å². The van der Waals surface area contributed by atoms with Gasteiger partial charge in [0.25, 0.3) is 0 Å². The first kappa shape index (κ1) is 17.9. The molecule has 1 aromatic rings. The van der Waals surface area contributed by atoms with Crippen LogP contribution in [0.3, 0.4) is 0 Å². The quantitative estimate of drug-likeness (QED) is 0.797. The standard InChI is InChI=1S/C13H18N2O4S.ClH/c1-9-11(13(16)19-2)4-3-5-12(9)20(17,18)15-10-6-7-14-8-10;/h3-5,10,14-15H,6-8H2,1-2H3;1H. The lowest BCUT2D eigenvalue weighted by atomic mass is 10.1. The molecule has 1 unspecified atom stereocenters. The molecule has 1 aliphatic rings. The van der Waals surface area contributed by atoms with Gasteiger partial charge in [0.15, 0.2) is 0 Å². The summed E-state index contributed by atoms with van der Waals surface area (Å²) < 4.78 is 32.1. The molecule has 1 atom stereocenters. The van der Waals surface area contributed by atoms with E-state index in [0.29, 0.717) is 12.1 Å². The molecule has 6 nitrogen and oxygen atoms in total. The fourth-order valence-electron chi connectivity index (χ4n) is 2.27. The largest absolute Gasteiger partial charge is 0.465 e. The summed E-state index contributed by atoms with van der Waals surface area (Å²) in [5.74, 6) is -0.540. The number of methoxy groups -OCH3 is 1. The lowest BCUT2D eigenvalue weighted by Crippen LogP contribution is -2.36. The van der Waals surface area contributed by atoms with Gasteiger partial charge in [-0.2, -0.15) is 0 Å². The lowest BCUT2D eigenvalue weighted by molar-refractivity contribution is 0.0599. The predicted molar refractivity (Wildman–Crippen MR) is 81.4 cm³/mol. The maximum Gasteiger partial charge on any atom is 0.338 e. The van der Waals surface area contributed by atoms with E-state index in [0.717, 1.165) is 13.0 Å². The molecule has 0 saturated carbocycles. The van der Waals surface area contributed by atoms with E-state index in [1.165, 1.54) is 13.2 Å². The number of hydrogen-bond acceptors (Lipinski definition) is 5. The number of carbonyl (C=O) groups is 1. The Morgan fingerprint density at radius 1 is 1.43 bits per heavy atom. The maximum atomic E-state index is 12.4. The van der Waals surface area contributed by atoms with Crippen LogP contribution < -0.4 is 10.0 Å². The highest BCUT2D eigenvalue weighted by molar-refractivity contribution is 7.89. The zero-order valence-electron chi connectivity index (χ0n) is 11.9. The molecular weight excluding hydrogens is 316 g/mol. The summed E-state index contributed by atoms with van der Waals surface area (Å²) in [5.41, 5.74) is 0.665. The summed E-state index contributed by atoms with van der Waals surface area (Å²) in [5, 5.41) is 3.10. The number of benzene rings is 1. The van der Waals surface area contributed by atoms with Crippen LogP contribution in [-0.4, -0.2) is 40.6 Å². The van der Waals surface area contributed by atoms with Gasteiger partial charge in [-0.3, -0.25) is 0 Å². The Labute approximate surface area is 130 Å². The normalized spacial score (nSPS) is 18.1. The van der Waals surface area contributed by atoms with Crippen molar-refractivity contribution >= 4 is 28.4 Å². The summed E-state index contributed by atoms with van der Waals surface area (Å²) in [6.07, 6.45) is 0.759. The third-order valence-corrected chi connectivity index (χ3v) is 5.03. The Morgan fingerprint density at radius 2 is 2.14 bits per heavy atom. The van der Waals surface area contributed by atoms with E-state index in [-0.39, 0.29) is 28.9 Å². The van der Waals surface area contributed by atoms with Gasteiger partial charge in [-0.25, -0.2) is 17.9 Å². The number of halogens is 1. The van der Waals surface area contributed by atoms with Crippen molar-refractivity contribution in [2.24, 2.45) is 0 Å².